The minimum absolute atomic E-state index is 0.0703. The minimum atomic E-state index is -1.23. The molecule has 4 N–H and O–H groups in total. The molecule has 20 heavy (non-hydrogen) atoms. The molecular formula is C10H16N2O8. The lowest BCUT2D eigenvalue weighted by molar-refractivity contribution is -0.145. The summed E-state index contributed by atoms with van der Waals surface area (Å²) in [5.74, 6) is -4.91. The van der Waals surface area contributed by atoms with Crippen molar-refractivity contribution in [2.24, 2.45) is 0 Å². The Hall–Kier alpha value is -2.20. The molecule has 10 heteroatoms. The highest BCUT2D eigenvalue weighted by molar-refractivity contribution is 5.73. The van der Waals surface area contributed by atoms with E-state index in [0.29, 0.717) is 0 Å². The lowest BCUT2D eigenvalue weighted by atomic mass is 10.4. The van der Waals surface area contributed by atoms with Gasteiger partial charge in [-0.15, -0.1) is 0 Å². The lowest BCUT2D eigenvalue weighted by Gasteiger charge is -2.23. The lowest BCUT2D eigenvalue weighted by Crippen LogP contribution is -2.43. The Balaban J connectivity index is 4.49. The molecule has 0 aromatic carbocycles. The molecule has 0 bridgehead atoms. The Labute approximate surface area is 113 Å². The van der Waals surface area contributed by atoms with Crippen LogP contribution in [0.4, 0.5) is 0 Å². The van der Waals surface area contributed by atoms with Gasteiger partial charge in [-0.05, 0) is 0 Å². The van der Waals surface area contributed by atoms with Crippen molar-refractivity contribution in [3.63, 3.8) is 0 Å². The molecule has 0 aliphatic heterocycles. The van der Waals surface area contributed by atoms with E-state index in [1.807, 2.05) is 0 Å². The maximum atomic E-state index is 10.6. The SMILES string of the molecule is O=C(O)CN(CC[64N](CC(=O)O)CC(=O)O)CC(=O)O. The molecule has 0 fully saturated rings. The van der Waals surface area contributed by atoms with Gasteiger partial charge in [0, 0.05) is 13.1 Å². The fourth-order valence-corrected chi connectivity index (χ4v) is 1.48. The maximum absolute atomic E-state index is 10.6. The van der Waals surface area contributed by atoms with Crippen molar-refractivity contribution in [3.8, 4) is 0 Å². The van der Waals surface area contributed by atoms with Gasteiger partial charge in [-0.25, -0.2) is 0 Å². The predicted octanol–water partition coefficient (Wildman–Crippen LogP) is -2.07. The van der Waals surface area contributed by atoms with E-state index in [2.05, 4.69) is 0 Å². The first-order valence-corrected chi connectivity index (χ1v) is 5.52. The van der Waals surface area contributed by atoms with Crippen molar-refractivity contribution in [1.29, 1.82) is 0 Å². The molecule has 114 valence electrons. The van der Waals surface area contributed by atoms with Crippen molar-refractivity contribution in [3.05, 3.63) is 0 Å². The van der Waals surface area contributed by atoms with E-state index in [1.165, 1.54) is 0 Å². The van der Waals surface area contributed by atoms with Gasteiger partial charge >= 0.3 is 23.9 Å². The highest BCUT2D eigenvalue weighted by atomic mass is 64.1. The van der Waals surface area contributed by atoms with Crippen LogP contribution in [0.25, 0.3) is 0 Å². The molecule has 0 radical (unpaired) electrons. The second-order valence-corrected chi connectivity index (χ2v) is 4.00. The van der Waals surface area contributed by atoms with Gasteiger partial charge in [-0.2, -0.15) is 0 Å². The molecule has 10 nitrogen and oxygen atoms in total. The summed E-state index contributed by atoms with van der Waals surface area (Å²) in [6.45, 7) is -2.25. The zero-order valence-electron chi connectivity index (χ0n) is 10.6. The summed E-state index contributed by atoms with van der Waals surface area (Å²) in [7, 11) is 0. The molecule has 0 aliphatic rings. The van der Waals surface area contributed by atoms with Gasteiger partial charge in [0.2, 0.25) is 0 Å². The van der Waals surface area contributed by atoms with Crippen LogP contribution in [0, 0.1) is 0 Å². The monoisotopic (exact) mass is 342 g/mol. The summed E-state index contributed by atoms with van der Waals surface area (Å²) in [6.07, 6.45) is 0. The molecule has 0 rings (SSSR count). The molecule has 0 aromatic rings. The van der Waals surface area contributed by atoms with Crippen LogP contribution >= 0.6 is 0 Å². The average Bonchev–Trinajstić information content (AvgIpc) is 2.22. The van der Waals surface area contributed by atoms with Gasteiger partial charge < -0.3 is 20.4 Å². The summed E-state index contributed by atoms with van der Waals surface area (Å²) in [5.41, 5.74) is 0. The fourth-order valence-electron chi connectivity index (χ4n) is 1.48. The first kappa shape index (κ1) is 17.8. The number of nitrogens with zero attached hydrogens (tertiary/aromatic N) is 2. The molecular weight excluding hydrogens is 326 g/mol. The minimum Gasteiger partial charge on any atom is -0.480 e. The quantitative estimate of drug-likeness (QED) is 0.329. The summed E-state index contributed by atoms with van der Waals surface area (Å²) in [6, 6.07) is 0. The number of hydrogen-bond donors (Lipinski definition) is 4. The summed E-state index contributed by atoms with van der Waals surface area (Å²) in [5, 5.41) is 34.5. The summed E-state index contributed by atoms with van der Waals surface area (Å²) in [4.78, 5) is 44.4. The predicted molar refractivity (Wildman–Crippen MR) is 63.4 cm³/mol. The molecule has 0 aromatic heterocycles. The van der Waals surface area contributed by atoms with E-state index in [-0.39, 0.29) is 13.1 Å². The van der Waals surface area contributed by atoms with Crippen LogP contribution in [-0.2, 0) is 19.2 Å². The average molecular weight is 342 g/mol. The van der Waals surface area contributed by atoms with Crippen LogP contribution < -0.4 is 0 Å². The molecule has 0 saturated heterocycles. The van der Waals surface area contributed by atoms with E-state index in [9.17, 15) is 19.2 Å². The normalized spacial score (nSPS) is 10.7. The molecule has 0 amide bonds. The van der Waals surface area contributed by atoms with Gasteiger partial charge in [0.25, 0.3) is 0 Å². The van der Waals surface area contributed by atoms with E-state index >= 15 is 0 Å². The first-order chi connectivity index (χ1) is 9.20. The molecule has 0 atom stereocenters. The Bertz CT molecular complexity index is 315. The Morgan fingerprint density at radius 1 is 0.750 bits per heavy atom. The summed E-state index contributed by atoms with van der Waals surface area (Å²) < 4.78 is 0. The smallest absolute Gasteiger partial charge is 0.317 e. The number of carbonyl (C=O) groups is 4. The third kappa shape index (κ3) is 9.79. The molecule has 0 aliphatic carbocycles. The molecule has 0 saturated carbocycles. The molecule has 0 unspecified atom stereocenters. The molecule has 0 heterocycles. The largest absolute Gasteiger partial charge is 0.480 e. The van der Waals surface area contributed by atoms with Gasteiger partial charge in [-0.3, -0.25) is 29.0 Å². The zero-order chi connectivity index (χ0) is 15.7. The van der Waals surface area contributed by atoms with Crippen molar-refractivity contribution in [1.82, 2.24) is 9.80 Å². The number of aliphatic carboxylic acids is 4. The Morgan fingerprint density at radius 2 is 1.15 bits per heavy atom. The van der Waals surface area contributed by atoms with Crippen molar-refractivity contribution < 1.29 is 39.6 Å². The van der Waals surface area contributed by atoms with Gasteiger partial charge in [0.1, 0.15) is 0 Å². The third-order valence-corrected chi connectivity index (χ3v) is 2.17. The standard InChI is InChI=1S/C10H16N2O8/c13-7(14)3-11(4-8(15)16)1-2-12(5-9(17)18)6-10(19)20/h1-6H2,(H,13,14)(H,15,16)(H,17,18)(H,19,20)/i11+50. The van der Waals surface area contributed by atoms with E-state index < -0.39 is 50.1 Å². The van der Waals surface area contributed by atoms with Gasteiger partial charge in [-0.1, -0.05) is 0 Å². The molecule has 0 spiro atoms. The van der Waals surface area contributed by atoms with E-state index in [0.717, 1.165) is 9.80 Å². The highest BCUT2D eigenvalue weighted by Gasteiger charge is 2.17. The van der Waals surface area contributed by atoms with E-state index in [4.69, 9.17) is 20.4 Å². The van der Waals surface area contributed by atoms with Crippen LogP contribution in [0.15, 0.2) is 0 Å². The van der Waals surface area contributed by atoms with Crippen molar-refractivity contribution in [2.75, 3.05) is 39.3 Å². The topological polar surface area (TPSA) is 156 Å². The van der Waals surface area contributed by atoms with Gasteiger partial charge in [0.15, 0.2) is 0 Å². The van der Waals surface area contributed by atoms with E-state index in [1.54, 1.807) is 0 Å². The van der Waals surface area contributed by atoms with Crippen LogP contribution in [-0.4, -0.2) is 93.4 Å². The van der Waals surface area contributed by atoms with Gasteiger partial charge in [0.05, 0.1) is 26.2 Å². The Kier molecular flexibility index (Phi) is 7.85. The first-order valence-electron chi connectivity index (χ1n) is 5.52. The second-order valence-electron chi connectivity index (χ2n) is 4.00. The highest BCUT2D eigenvalue weighted by Crippen LogP contribution is 1.94. The number of carboxylic acids is 4. The van der Waals surface area contributed by atoms with Crippen LogP contribution in [0.2, 0.25) is 0 Å². The fraction of sp³-hybridized carbons (Fsp3) is 0.600. The van der Waals surface area contributed by atoms with Crippen LogP contribution in [0.5, 0.6) is 0 Å². The van der Waals surface area contributed by atoms with Crippen LogP contribution in [0.1, 0.15) is 0 Å². The number of carboxylic acid groups (broad SMARTS) is 4. The number of rotatable bonds is 11. The third-order valence-electron chi connectivity index (χ3n) is 2.17. The summed E-state index contributed by atoms with van der Waals surface area (Å²) >= 11 is 0. The van der Waals surface area contributed by atoms with Crippen LogP contribution in [0.3, 0.4) is 0 Å². The van der Waals surface area contributed by atoms with Crippen molar-refractivity contribution in [2.45, 2.75) is 0 Å². The maximum Gasteiger partial charge on any atom is 0.317 e. The van der Waals surface area contributed by atoms with Crippen molar-refractivity contribution >= 4 is 23.9 Å². The number of hydrogen-bond acceptors (Lipinski definition) is 6. The zero-order valence-corrected chi connectivity index (χ0v) is 10.6. The second kappa shape index (κ2) is 8.82. The Morgan fingerprint density at radius 3 is 1.45 bits per heavy atom.